The fourth-order valence-electron chi connectivity index (χ4n) is 3.27. The van der Waals surface area contributed by atoms with Crippen LogP contribution in [0, 0.1) is 0 Å². The summed E-state index contributed by atoms with van der Waals surface area (Å²) >= 11 is 0. The average molecular weight is 259 g/mol. The number of amides is 1. The second-order valence-corrected chi connectivity index (χ2v) is 5.54. The Kier molecular flexibility index (Phi) is 3.09. The number of hydrogen-bond acceptors (Lipinski definition) is 3. The topological polar surface area (TPSA) is 58.4 Å². The first-order valence-corrected chi connectivity index (χ1v) is 7.18. The van der Waals surface area contributed by atoms with Crippen molar-refractivity contribution in [2.24, 2.45) is 0 Å². The first-order chi connectivity index (χ1) is 9.19. The molecule has 0 radical (unpaired) electrons. The molecular weight excluding hydrogens is 238 g/mol. The van der Waals surface area contributed by atoms with Crippen LogP contribution in [0.5, 0.6) is 0 Å². The Morgan fingerprint density at radius 2 is 2.26 bits per heavy atom. The van der Waals surface area contributed by atoms with E-state index in [0.29, 0.717) is 12.5 Å². The molecule has 1 unspecified atom stereocenters. The Morgan fingerprint density at radius 3 is 3.05 bits per heavy atom. The fourth-order valence-corrected chi connectivity index (χ4v) is 3.27. The monoisotopic (exact) mass is 259 g/mol. The van der Waals surface area contributed by atoms with Crippen LogP contribution in [-0.4, -0.2) is 18.5 Å². The number of nitrogen functional groups attached to an aromatic ring is 1. The molecule has 1 atom stereocenters. The maximum absolute atomic E-state index is 11.5. The molecule has 0 aliphatic carbocycles. The van der Waals surface area contributed by atoms with Crippen LogP contribution in [0.15, 0.2) is 12.1 Å². The van der Waals surface area contributed by atoms with Gasteiger partial charge in [0.15, 0.2) is 0 Å². The second kappa shape index (κ2) is 4.76. The van der Waals surface area contributed by atoms with Gasteiger partial charge in [-0.05, 0) is 43.4 Å². The van der Waals surface area contributed by atoms with E-state index in [9.17, 15) is 4.79 Å². The van der Waals surface area contributed by atoms with E-state index in [1.807, 2.05) is 6.07 Å². The molecule has 1 aromatic rings. The van der Waals surface area contributed by atoms with Crippen LogP contribution in [0.25, 0.3) is 0 Å². The second-order valence-electron chi connectivity index (χ2n) is 5.54. The highest BCUT2D eigenvalue weighted by molar-refractivity contribution is 6.01. The third kappa shape index (κ3) is 2.15. The van der Waals surface area contributed by atoms with E-state index in [0.717, 1.165) is 35.6 Å². The van der Waals surface area contributed by atoms with Gasteiger partial charge in [0.2, 0.25) is 5.91 Å². The number of fused-ring (bicyclic) bond motifs is 1. The van der Waals surface area contributed by atoms with Crippen LogP contribution >= 0.6 is 0 Å². The number of nitrogens with one attached hydrogen (secondary N) is 1. The third-order valence-electron chi connectivity index (χ3n) is 4.29. The van der Waals surface area contributed by atoms with E-state index >= 15 is 0 Å². The molecule has 2 heterocycles. The zero-order chi connectivity index (χ0) is 13.4. The number of nitrogens with zero attached hydrogens (tertiary/aromatic N) is 1. The molecule has 0 bridgehead atoms. The fraction of sp³-hybridized carbons (Fsp3) is 0.533. The van der Waals surface area contributed by atoms with Gasteiger partial charge in [-0.1, -0.05) is 6.92 Å². The van der Waals surface area contributed by atoms with Gasteiger partial charge in [0.1, 0.15) is 0 Å². The summed E-state index contributed by atoms with van der Waals surface area (Å²) in [5.74, 6) is 0.0669. The number of nitrogens with two attached hydrogens (primary N) is 1. The van der Waals surface area contributed by atoms with E-state index in [-0.39, 0.29) is 5.91 Å². The highest BCUT2D eigenvalue weighted by atomic mass is 16.1. The summed E-state index contributed by atoms with van der Waals surface area (Å²) in [4.78, 5) is 13.9. The predicted octanol–water partition coefficient (Wildman–Crippen LogP) is 2.53. The third-order valence-corrected chi connectivity index (χ3v) is 4.29. The molecule has 3 N–H and O–H groups in total. The van der Waals surface area contributed by atoms with Crippen molar-refractivity contribution in [2.75, 3.05) is 22.5 Å². The molecule has 1 saturated heterocycles. The lowest BCUT2D eigenvalue weighted by atomic mass is 9.98. The van der Waals surface area contributed by atoms with Gasteiger partial charge in [-0.2, -0.15) is 0 Å². The minimum Gasteiger partial charge on any atom is -0.397 e. The summed E-state index contributed by atoms with van der Waals surface area (Å²) in [7, 11) is 0. The zero-order valence-corrected chi connectivity index (χ0v) is 11.4. The molecule has 19 heavy (non-hydrogen) atoms. The predicted molar refractivity (Wildman–Crippen MR) is 78.5 cm³/mol. The number of benzene rings is 1. The number of piperidine rings is 1. The Hall–Kier alpha value is -1.71. The van der Waals surface area contributed by atoms with Crippen LogP contribution in [0.2, 0.25) is 0 Å². The molecule has 3 rings (SSSR count). The molecule has 4 heteroatoms. The number of anilines is 3. The van der Waals surface area contributed by atoms with E-state index < -0.39 is 0 Å². The van der Waals surface area contributed by atoms with Crippen molar-refractivity contribution >= 4 is 23.0 Å². The lowest BCUT2D eigenvalue weighted by molar-refractivity contribution is -0.115. The van der Waals surface area contributed by atoms with E-state index in [1.54, 1.807) is 0 Å². The van der Waals surface area contributed by atoms with Gasteiger partial charge in [-0.3, -0.25) is 4.79 Å². The Morgan fingerprint density at radius 1 is 1.42 bits per heavy atom. The summed E-state index contributed by atoms with van der Waals surface area (Å²) in [5, 5.41) is 2.92. The van der Waals surface area contributed by atoms with Gasteiger partial charge in [0.25, 0.3) is 0 Å². The number of hydrogen-bond donors (Lipinski definition) is 2. The molecule has 1 amide bonds. The maximum atomic E-state index is 11.5. The summed E-state index contributed by atoms with van der Waals surface area (Å²) in [6.45, 7) is 3.30. The molecular formula is C15H21N3O. The van der Waals surface area contributed by atoms with Gasteiger partial charge in [-0.15, -0.1) is 0 Å². The first kappa shape index (κ1) is 12.3. The molecule has 1 fully saturated rings. The Bertz CT molecular complexity index is 512. The van der Waals surface area contributed by atoms with Crippen LogP contribution in [-0.2, 0) is 11.2 Å². The van der Waals surface area contributed by atoms with E-state index in [1.165, 1.54) is 19.3 Å². The smallest absolute Gasteiger partial charge is 0.228 e. The molecule has 4 nitrogen and oxygen atoms in total. The summed E-state index contributed by atoms with van der Waals surface area (Å²) < 4.78 is 0. The maximum Gasteiger partial charge on any atom is 0.228 e. The molecule has 0 saturated carbocycles. The average Bonchev–Trinajstić information content (AvgIpc) is 2.77. The van der Waals surface area contributed by atoms with Crippen molar-refractivity contribution in [3.8, 4) is 0 Å². The van der Waals surface area contributed by atoms with Crippen LogP contribution < -0.4 is 16.0 Å². The molecule has 2 aliphatic heterocycles. The van der Waals surface area contributed by atoms with Gasteiger partial charge in [0, 0.05) is 18.3 Å². The SMILES string of the molecule is CCC1CCCCN1c1cc2c(cc1N)CC(=O)N2. The Balaban J connectivity index is 1.96. The highest BCUT2D eigenvalue weighted by Crippen LogP contribution is 2.37. The van der Waals surface area contributed by atoms with Crippen molar-refractivity contribution < 1.29 is 4.79 Å². The summed E-state index contributed by atoms with van der Waals surface area (Å²) in [5.41, 5.74) is 10.1. The Labute approximate surface area is 114 Å². The van der Waals surface area contributed by atoms with Crippen molar-refractivity contribution in [3.05, 3.63) is 17.7 Å². The lowest BCUT2D eigenvalue weighted by Gasteiger charge is -2.38. The molecule has 0 spiro atoms. The van der Waals surface area contributed by atoms with Crippen LogP contribution in [0.3, 0.4) is 0 Å². The zero-order valence-electron chi connectivity index (χ0n) is 11.4. The van der Waals surface area contributed by atoms with E-state index in [2.05, 4.69) is 23.2 Å². The van der Waals surface area contributed by atoms with E-state index in [4.69, 9.17) is 5.73 Å². The first-order valence-electron chi connectivity index (χ1n) is 7.18. The van der Waals surface area contributed by atoms with Gasteiger partial charge < -0.3 is 16.0 Å². The molecule has 2 aliphatic rings. The van der Waals surface area contributed by atoms with Crippen molar-refractivity contribution in [3.63, 3.8) is 0 Å². The summed E-state index contributed by atoms with van der Waals surface area (Å²) in [6, 6.07) is 4.60. The van der Waals surface area contributed by atoms with Gasteiger partial charge >= 0.3 is 0 Å². The van der Waals surface area contributed by atoms with Crippen molar-refractivity contribution in [2.45, 2.75) is 45.1 Å². The number of carbonyl (C=O) groups is 1. The van der Waals surface area contributed by atoms with Crippen molar-refractivity contribution in [1.29, 1.82) is 0 Å². The molecule has 102 valence electrons. The summed E-state index contributed by atoms with van der Waals surface area (Å²) in [6.07, 6.45) is 5.36. The van der Waals surface area contributed by atoms with Crippen LogP contribution in [0.1, 0.15) is 38.2 Å². The van der Waals surface area contributed by atoms with Crippen molar-refractivity contribution in [1.82, 2.24) is 0 Å². The van der Waals surface area contributed by atoms with Gasteiger partial charge in [0.05, 0.1) is 17.8 Å². The largest absolute Gasteiger partial charge is 0.397 e. The van der Waals surface area contributed by atoms with Gasteiger partial charge in [-0.25, -0.2) is 0 Å². The normalized spacial score (nSPS) is 22.3. The lowest BCUT2D eigenvalue weighted by Crippen LogP contribution is -2.39. The highest BCUT2D eigenvalue weighted by Gasteiger charge is 2.25. The molecule has 1 aromatic carbocycles. The van der Waals surface area contributed by atoms with Crippen LogP contribution in [0.4, 0.5) is 17.1 Å². The standard InChI is InChI=1S/C15H21N3O/c1-2-11-5-3-4-6-18(11)14-9-13-10(7-12(14)16)8-15(19)17-13/h7,9,11H,2-6,8,16H2,1H3,(H,17,19). The minimum atomic E-state index is 0.0669. The minimum absolute atomic E-state index is 0.0669. The molecule has 0 aromatic heterocycles. The number of carbonyl (C=O) groups excluding carboxylic acids is 1. The quantitative estimate of drug-likeness (QED) is 0.802. The number of rotatable bonds is 2.